The van der Waals surface area contributed by atoms with E-state index >= 15 is 0 Å². The third-order valence-electron chi connectivity index (χ3n) is 3.27. The van der Waals surface area contributed by atoms with Crippen molar-refractivity contribution >= 4 is 44.4 Å². The minimum Gasteiger partial charge on any atom is -0.396 e. The van der Waals surface area contributed by atoms with Crippen molar-refractivity contribution < 1.29 is 9.90 Å². The Labute approximate surface area is 129 Å². The molecule has 1 aliphatic heterocycles. The van der Waals surface area contributed by atoms with Crippen molar-refractivity contribution in [1.82, 2.24) is 4.90 Å². The Morgan fingerprint density at radius 1 is 1.56 bits per heavy atom. The van der Waals surface area contributed by atoms with E-state index in [1.807, 2.05) is 23.1 Å². The van der Waals surface area contributed by atoms with Crippen LogP contribution in [0.2, 0.25) is 0 Å². The summed E-state index contributed by atoms with van der Waals surface area (Å²) in [5.41, 5.74) is 0.728. The summed E-state index contributed by atoms with van der Waals surface area (Å²) >= 11 is 5.64. The fourth-order valence-corrected chi connectivity index (χ4v) is 3.17. The molecular weight excluding hydrogens is 409 g/mol. The van der Waals surface area contributed by atoms with E-state index < -0.39 is 0 Å². The van der Waals surface area contributed by atoms with Gasteiger partial charge in [0.15, 0.2) is 0 Å². The molecule has 0 aromatic heterocycles. The van der Waals surface area contributed by atoms with Crippen LogP contribution in [0, 0.1) is 9.49 Å². The molecule has 5 heteroatoms. The van der Waals surface area contributed by atoms with Gasteiger partial charge in [-0.1, -0.05) is 0 Å². The van der Waals surface area contributed by atoms with Crippen LogP contribution in [0.1, 0.15) is 23.2 Å². The third kappa shape index (κ3) is 3.24. The van der Waals surface area contributed by atoms with Crippen LogP contribution in [0.5, 0.6) is 0 Å². The molecule has 98 valence electrons. The fraction of sp³-hybridized carbons (Fsp3) is 0.462. The van der Waals surface area contributed by atoms with E-state index in [-0.39, 0.29) is 12.5 Å². The summed E-state index contributed by atoms with van der Waals surface area (Å²) in [5, 5.41) is 8.94. The second-order valence-electron chi connectivity index (χ2n) is 4.54. The van der Waals surface area contributed by atoms with Gasteiger partial charge < -0.3 is 10.0 Å². The normalized spacial score (nSPS) is 19.3. The number of likely N-dealkylation sites (tertiary alicyclic amines) is 1. The second kappa shape index (κ2) is 6.34. The van der Waals surface area contributed by atoms with Gasteiger partial charge in [-0.25, -0.2) is 0 Å². The maximum Gasteiger partial charge on any atom is 0.255 e. The predicted molar refractivity (Wildman–Crippen MR) is 82.6 cm³/mol. The zero-order valence-corrected chi connectivity index (χ0v) is 13.6. The largest absolute Gasteiger partial charge is 0.396 e. The molecule has 1 unspecified atom stereocenters. The molecular formula is C13H15BrINO2. The van der Waals surface area contributed by atoms with E-state index in [1.165, 1.54) is 0 Å². The summed E-state index contributed by atoms with van der Waals surface area (Å²) in [6.07, 6.45) is 1.78. The number of hydrogen-bond donors (Lipinski definition) is 1. The average Bonchev–Trinajstić information content (AvgIpc) is 2.80. The molecule has 1 N–H and O–H groups in total. The SMILES string of the molecule is O=C(c1cc(I)ccc1Br)N1CCC(CCO)C1. The predicted octanol–water partition coefficient (Wildman–Crippen LogP) is 2.90. The van der Waals surface area contributed by atoms with Crippen LogP contribution >= 0.6 is 38.5 Å². The molecule has 1 amide bonds. The Bertz CT molecular complexity index is 453. The Morgan fingerprint density at radius 3 is 3.06 bits per heavy atom. The van der Waals surface area contributed by atoms with Crippen LogP contribution in [0.4, 0.5) is 0 Å². The highest BCUT2D eigenvalue weighted by atomic mass is 127. The molecule has 1 fully saturated rings. The smallest absolute Gasteiger partial charge is 0.255 e. The summed E-state index contributed by atoms with van der Waals surface area (Å²) < 4.78 is 1.91. The molecule has 1 heterocycles. The van der Waals surface area contributed by atoms with Gasteiger partial charge in [0.25, 0.3) is 5.91 Å². The Balaban J connectivity index is 2.10. The van der Waals surface area contributed by atoms with E-state index in [9.17, 15) is 4.79 Å². The minimum absolute atomic E-state index is 0.0841. The number of aliphatic hydroxyl groups is 1. The van der Waals surface area contributed by atoms with Crippen LogP contribution in [0.3, 0.4) is 0 Å². The number of carbonyl (C=O) groups excluding carboxylic acids is 1. The van der Waals surface area contributed by atoms with E-state index in [0.29, 0.717) is 5.92 Å². The van der Waals surface area contributed by atoms with Gasteiger partial charge in [0.05, 0.1) is 5.56 Å². The standard InChI is InChI=1S/C13H15BrINO2/c14-12-2-1-10(15)7-11(12)13(18)16-5-3-9(8-16)4-6-17/h1-2,7,9,17H,3-6,8H2. The summed E-state index contributed by atoms with van der Waals surface area (Å²) in [6.45, 7) is 1.76. The van der Waals surface area contributed by atoms with Gasteiger partial charge in [-0.15, -0.1) is 0 Å². The quantitative estimate of drug-likeness (QED) is 0.759. The lowest BCUT2D eigenvalue weighted by atomic mass is 10.1. The molecule has 1 aliphatic rings. The molecule has 1 saturated heterocycles. The minimum atomic E-state index is 0.0841. The molecule has 0 radical (unpaired) electrons. The Hall–Kier alpha value is -0.140. The molecule has 1 aromatic carbocycles. The molecule has 2 rings (SSSR count). The van der Waals surface area contributed by atoms with Gasteiger partial charge in [-0.3, -0.25) is 4.79 Å². The lowest BCUT2D eigenvalue weighted by molar-refractivity contribution is 0.0784. The van der Waals surface area contributed by atoms with Crippen molar-refractivity contribution in [1.29, 1.82) is 0 Å². The molecule has 0 saturated carbocycles. The van der Waals surface area contributed by atoms with Gasteiger partial charge in [0.2, 0.25) is 0 Å². The number of benzene rings is 1. The first-order chi connectivity index (χ1) is 8.61. The summed E-state index contributed by atoms with van der Waals surface area (Å²) in [7, 11) is 0. The average molecular weight is 424 g/mol. The van der Waals surface area contributed by atoms with Crippen molar-refractivity contribution in [2.45, 2.75) is 12.8 Å². The summed E-state index contributed by atoms with van der Waals surface area (Å²) in [5.74, 6) is 0.529. The van der Waals surface area contributed by atoms with Crippen LogP contribution in [0.25, 0.3) is 0 Å². The van der Waals surface area contributed by atoms with Gasteiger partial charge in [0.1, 0.15) is 0 Å². The lowest BCUT2D eigenvalue weighted by Gasteiger charge is -2.17. The van der Waals surface area contributed by atoms with Gasteiger partial charge in [-0.2, -0.15) is 0 Å². The number of nitrogens with zero attached hydrogens (tertiary/aromatic N) is 1. The Kier molecular flexibility index (Phi) is 5.03. The zero-order valence-electron chi connectivity index (χ0n) is 9.90. The van der Waals surface area contributed by atoms with Crippen LogP contribution < -0.4 is 0 Å². The second-order valence-corrected chi connectivity index (χ2v) is 6.64. The van der Waals surface area contributed by atoms with Crippen molar-refractivity contribution in [3.63, 3.8) is 0 Å². The number of halogens is 2. The first kappa shape index (κ1) is 14.3. The molecule has 3 nitrogen and oxygen atoms in total. The molecule has 1 atom stereocenters. The molecule has 0 bridgehead atoms. The van der Waals surface area contributed by atoms with Crippen molar-refractivity contribution in [3.05, 3.63) is 31.8 Å². The first-order valence-corrected chi connectivity index (χ1v) is 7.84. The summed E-state index contributed by atoms with van der Waals surface area (Å²) in [4.78, 5) is 14.3. The fourth-order valence-electron chi connectivity index (χ4n) is 2.27. The lowest BCUT2D eigenvalue weighted by Crippen LogP contribution is -2.29. The van der Waals surface area contributed by atoms with E-state index in [1.54, 1.807) is 0 Å². The molecule has 18 heavy (non-hydrogen) atoms. The maximum absolute atomic E-state index is 12.4. The van der Waals surface area contributed by atoms with Crippen LogP contribution in [-0.4, -0.2) is 35.6 Å². The monoisotopic (exact) mass is 423 g/mol. The van der Waals surface area contributed by atoms with Crippen molar-refractivity contribution in [3.8, 4) is 0 Å². The maximum atomic E-state index is 12.4. The van der Waals surface area contributed by atoms with E-state index in [4.69, 9.17) is 5.11 Å². The first-order valence-electron chi connectivity index (χ1n) is 5.97. The highest BCUT2D eigenvalue weighted by Gasteiger charge is 2.27. The highest BCUT2D eigenvalue weighted by molar-refractivity contribution is 14.1. The topological polar surface area (TPSA) is 40.5 Å². The highest BCUT2D eigenvalue weighted by Crippen LogP contribution is 2.25. The van der Waals surface area contributed by atoms with E-state index in [2.05, 4.69) is 38.5 Å². The van der Waals surface area contributed by atoms with Crippen LogP contribution in [0.15, 0.2) is 22.7 Å². The number of rotatable bonds is 3. The number of amides is 1. The van der Waals surface area contributed by atoms with Gasteiger partial charge in [-0.05, 0) is 75.5 Å². The van der Waals surface area contributed by atoms with E-state index in [0.717, 1.165) is 39.5 Å². The van der Waals surface area contributed by atoms with Crippen molar-refractivity contribution in [2.24, 2.45) is 5.92 Å². The Morgan fingerprint density at radius 2 is 2.33 bits per heavy atom. The third-order valence-corrected chi connectivity index (χ3v) is 4.63. The molecule has 0 spiro atoms. The van der Waals surface area contributed by atoms with Gasteiger partial charge in [0, 0.05) is 27.7 Å². The number of aliphatic hydroxyl groups excluding tert-OH is 1. The molecule has 0 aliphatic carbocycles. The zero-order chi connectivity index (χ0) is 13.1. The number of carbonyl (C=O) groups is 1. The van der Waals surface area contributed by atoms with Crippen LogP contribution in [-0.2, 0) is 0 Å². The molecule has 1 aromatic rings. The van der Waals surface area contributed by atoms with Crippen molar-refractivity contribution in [2.75, 3.05) is 19.7 Å². The number of hydrogen-bond acceptors (Lipinski definition) is 2. The van der Waals surface area contributed by atoms with Gasteiger partial charge >= 0.3 is 0 Å². The summed E-state index contributed by atoms with van der Waals surface area (Å²) in [6, 6.07) is 5.79.